The average Bonchev–Trinajstić information content (AvgIpc) is 2.78. The van der Waals surface area contributed by atoms with Crippen molar-refractivity contribution < 1.29 is 53.1 Å². The Hall–Kier alpha value is -2.32. The maximum atomic E-state index is 14.8. The Labute approximate surface area is 203 Å². The van der Waals surface area contributed by atoms with Gasteiger partial charge in [-0.25, -0.2) is 16.8 Å². The molecule has 0 radical (unpaired) electrons. The summed E-state index contributed by atoms with van der Waals surface area (Å²) in [5.74, 6) is -7.69. The van der Waals surface area contributed by atoms with E-state index < -0.39 is 94.9 Å². The molecular formula is C22H21F5O7S2. The number of halogens is 5. The summed E-state index contributed by atoms with van der Waals surface area (Å²) in [5, 5.41) is 0. The second kappa shape index (κ2) is 8.62. The Kier molecular flexibility index (Phi) is 6.40. The fourth-order valence-corrected chi connectivity index (χ4v) is 8.00. The molecule has 3 atom stereocenters. The van der Waals surface area contributed by atoms with E-state index in [1.807, 2.05) is 0 Å². The third kappa shape index (κ3) is 4.36. The zero-order valence-electron chi connectivity index (χ0n) is 18.7. The van der Waals surface area contributed by atoms with Gasteiger partial charge in [0.2, 0.25) is 0 Å². The number of fused-ring (bicyclic) bond motifs is 2. The smallest absolute Gasteiger partial charge is 0.416 e. The van der Waals surface area contributed by atoms with Gasteiger partial charge in [0.1, 0.15) is 14.6 Å². The number of sulfone groups is 2. The molecule has 0 spiro atoms. The van der Waals surface area contributed by atoms with Crippen LogP contribution < -0.4 is 0 Å². The van der Waals surface area contributed by atoms with Crippen LogP contribution in [0.3, 0.4) is 0 Å². The molecule has 0 saturated carbocycles. The van der Waals surface area contributed by atoms with Crippen LogP contribution in [0.25, 0.3) is 0 Å². The summed E-state index contributed by atoms with van der Waals surface area (Å²) >= 11 is 0. The minimum Gasteiger partial charge on any atom is -0.490 e. The second-order valence-corrected chi connectivity index (χ2v) is 13.4. The third-order valence-corrected chi connectivity index (χ3v) is 10.2. The number of hydrogen-bond acceptors (Lipinski definition) is 7. The number of carbonyl (C=O) groups excluding carboxylic acids is 1. The minimum absolute atomic E-state index is 0.208. The number of rotatable bonds is 5. The summed E-state index contributed by atoms with van der Waals surface area (Å²) in [6, 6.07) is 2.51. The largest absolute Gasteiger partial charge is 0.490 e. The van der Waals surface area contributed by atoms with Crippen LogP contribution >= 0.6 is 0 Å². The standard InChI is InChI=1S/C22H21F5O7S2/c1-35(29,30)11-7-17-15-12-34-19-18(16(28)6-8-21(19,23)24)20(15,9-10-33-17)36(31,32)14-4-2-13(3-5-14)22(25,26)27/h2-6,8,15,17H,7,9-12H2,1H3/t15-,17-,20-/m0/s1. The first-order valence-corrected chi connectivity index (χ1v) is 14.3. The number of alkyl halides is 5. The predicted molar refractivity (Wildman–Crippen MR) is 116 cm³/mol. The molecule has 0 aromatic heterocycles. The lowest BCUT2D eigenvalue weighted by molar-refractivity contribution is -0.137. The van der Waals surface area contributed by atoms with Gasteiger partial charge in [-0.1, -0.05) is 0 Å². The third-order valence-electron chi connectivity index (χ3n) is 6.65. The van der Waals surface area contributed by atoms with E-state index in [0.717, 1.165) is 6.26 Å². The van der Waals surface area contributed by atoms with Crippen LogP contribution in [0.15, 0.2) is 52.6 Å². The molecule has 1 fully saturated rings. The van der Waals surface area contributed by atoms with Gasteiger partial charge in [-0.15, -0.1) is 0 Å². The number of carbonyl (C=O) groups is 1. The molecule has 198 valence electrons. The highest BCUT2D eigenvalue weighted by molar-refractivity contribution is 7.93. The summed E-state index contributed by atoms with van der Waals surface area (Å²) < 4.78 is 129. The van der Waals surface area contributed by atoms with Crippen molar-refractivity contribution in [2.75, 3.05) is 25.2 Å². The number of ketones is 1. The normalized spacial score (nSPS) is 28.3. The summed E-state index contributed by atoms with van der Waals surface area (Å²) in [5.41, 5.74) is -1.93. The Morgan fingerprint density at radius 3 is 2.31 bits per heavy atom. The van der Waals surface area contributed by atoms with Crippen LogP contribution in [0, 0.1) is 5.92 Å². The van der Waals surface area contributed by atoms with Crippen molar-refractivity contribution in [1.29, 1.82) is 0 Å². The molecule has 0 amide bonds. The monoisotopic (exact) mass is 556 g/mol. The van der Waals surface area contributed by atoms with Crippen molar-refractivity contribution in [3.8, 4) is 0 Å². The Bertz CT molecular complexity index is 1350. The maximum absolute atomic E-state index is 14.8. The molecule has 7 nitrogen and oxygen atoms in total. The molecule has 3 aliphatic rings. The first-order chi connectivity index (χ1) is 16.5. The van der Waals surface area contributed by atoms with Crippen molar-refractivity contribution in [2.45, 2.75) is 40.7 Å². The molecule has 0 bridgehead atoms. The number of hydrogen-bond donors (Lipinski definition) is 0. The lowest BCUT2D eigenvalue weighted by Gasteiger charge is -2.51. The molecule has 0 unspecified atom stereocenters. The number of benzene rings is 1. The van der Waals surface area contributed by atoms with E-state index in [0.29, 0.717) is 30.3 Å². The van der Waals surface area contributed by atoms with Crippen LogP contribution in [0.4, 0.5) is 22.0 Å². The molecular weight excluding hydrogens is 535 g/mol. The van der Waals surface area contributed by atoms with Crippen LogP contribution in [-0.2, 0) is 40.1 Å². The molecule has 36 heavy (non-hydrogen) atoms. The van der Waals surface area contributed by atoms with Crippen LogP contribution in [0.2, 0.25) is 0 Å². The average molecular weight is 557 g/mol. The first-order valence-electron chi connectivity index (χ1n) is 10.7. The molecule has 1 aliphatic carbocycles. The Morgan fingerprint density at radius 1 is 1.08 bits per heavy atom. The van der Waals surface area contributed by atoms with Crippen molar-refractivity contribution in [3.63, 3.8) is 0 Å². The van der Waals surface area contributed by atoms with Gasteiger partial charge in [0, 0.05) is 18.8 Å². The van der Waals surface area contributed by atoms with Gasteiger partial charge >= 0.3 is 12.1 Å². The van der Waals surface area contributed by atoms with Gasteiger partial charge in [-0.3, -0.25) is 4.79 Å². The topological polar surface area (TPSA) is 104 Å². The summed E-state index contributed by atoms with van der Waals surface area (Å²) in [6.07, 6.45) is -4.76. The van der Waals surface area contributed by atoms with Gasteiger partial charge in [-0.05, 0) is 49.3 Å². The first kappa shape index (κ1) is 26.7. The van der Waals surface area contributed by atoms with Crippen molar-refractivity contribution in [2.24, 2.45) is 5.92 Å². The van der Waals surface area contributed by atoms with E-state index in [9.17, 15) is 43.6 Å². The lowest BCUT2D eigenvalue weighted by Crippen LogP contribution is -2.62. The summed E-state index contributed by atoms with van der Waals surface area (Å²) in [7, 11) is -8.34. The summed E-state index contributed by atoms with van der Waals surface area (Å²) in [6.45, 7) is -0.964. The molecule has 0 N–H and O–H groups in total. The minimum atomic E-state index is -4.81. The van der Waals surface area contributed by atoms with Crippen LogP contribution in [0.5, 0.6) is 0 Å². The van der Waals surface area contributed by atoms with E-state index in [2.05, 4.69) is 0 Å². The fourth-order valence-electron chi connectivity index (χ4n) is 4.99. The van der Waals surface area contributed by atoms with Crippen LogP contribution in [0.1, 0.15) is 18.4 Å². The van der Waals surface area contributed by atoms with Gasteiger partial charge in [0.15, 0.2) is 21.4 Å². The molecule has 4 rings (SSSR count). The fraction of sp³-hybridized carbons (Fsp3) is 0.500. The quantitative estimate of drug-likeness (QED) is 0.514. The van der Waals surface area contributed by atoms with Crippen molar-refractivity contribution in [3.05, 3.63) is 53.3 Å². The predicted octanol–water partition coefficient (Wildman–Crippen LogP) is 3.12. The highest BCUT2D eigenvalue weighted by Crippen LogP contribution is 2.54. The van der Waals surface area contributed by atoms with E-state index in [1.54, 1.807) is 0 Å². The SMILES string of the molecule is CS(=O)(=O)CC[C@@H]1OCC[C@@]2(S(=O)(=O)c3ccc(C(F)(F)F)cc3)C3=C(OC[C@@H]12)C(F)(F)C=CC3=O. The van der Waals surface area contributed by atoms with E-state index in [4.69, 9.17) is 9.47 Å². The van der Waals surface area contributed by atoms with Crippen molar-refractivity contribution in [1.82, 2.24) is 0 Å². The van der Waals surface area contributed by atoms with Crippen LogP contribution in [-0.4, -0.2) is 64.6 Å². The second-order valence-electron chi connectivity index (χ2n) is 8.94. The number of ether oxygens (including phenoxy) is 2. The Balaban J connectivity index is 1.92. The molecule has 2 heterocycles. The molecule has 14 heteroatoms. The lowest BCUT2D eigenvalue weighted by atomic mass is 9.72. The zero-order chi connectivity index (χ0) is 26.7. The number of allylic oxidation sites excluding steroid dienone is 2. The van der Waals surface area contributed by atoms with Crippen molar-refractivity contribution >= 4 is 25.5 Å². The Morgan fingerprint density at radius 2 is 1.72 bits per heavy atom. The molecule has 1 saturated heterocycles. The highest BCUT2D eigenvalue weighted by Gasteiger charge is 2.65. The van der Waals surface area contributed by atoms with Gasteiger partial charge in [-0.2, -0.15) is 22.0 Å². The molecule has 2 aliphatic heterocycles. The van der Waals surface area contributed by atoms with E-state index in [-0.39, 0.29) is 19.1 Å². The van der Waals surface area contributed by atoms with Gasteiger partial charge < -0.3 is 9.47 Å². The zero-order valence-corrected chi connectivity index (χ0v) is 20.4. The molecule has 1 aromatic rings. The maximum Gasteiger partial charge on any atom is 0.416 e. The van der Waals surface area contributed by atoms with Gasteiger partial charge in [0.25, 0.3) is 0 Å². The van der Waals surface area contributed by atoms with E-state index in [1.165, 1.54) is 0 Å². The molecule has 1 aromatic carbocycles. The van der Waals surface area contributed by atoms with Gasteiger partial charge in [0.05, 0.1) is 34.5 Å². The summed E-state index contributed by atoms with van der Waals surface area (Å²) in [4.78, 5) is 12.3. The highest BCUT2D eigenvalue weighted by atomic mass is 32.2. The van der Waals surface area contributed by atoms with E-state index >= 15 is 0 Å².